The molecule has 0 radical (unpaired) electrons. The van der Waals surface area contributed by atoms with Gasteiger partial charge in [0.05, 0.1) is 0 Å². The van der Waals surface area contributed by atoms with E-state index in [1.54, 1.807) is 18.2 Å². The van der Waals surface area contributed by atoms with Crippen molar-refractivity contribution < 1.29 is 9.59 Å². The second-order valence-corrected chi connectivity index (χ2v) is 6.08. The van der Waals surface area contributed by atoms with Crippen molar-refractivity contribution in [1.29, 1.82) is 0 Å². The number of nitrogens with one attached hydrogen (secondary N) is 2. The van der Waals surface area contributed by atoms with Crippen LogP contribution >= 0.6 is 0 Å². The molecule has 0 aliphatic carbocycles. The summed E-state index contributed by atoms with van der Waals surface area (Å²) >= 11 is 0. The first-order chi connectivity index (χ1) is 12.5. The topological polar surface area (TPSA) is 71.1 Å². The summed E-state index contributed by atoms with van der Waals surface area (Å²) in [5.41, 5.74) is 4.07. The van der Waals surface area contributed by atoms with Crippen molar-refractivity contribution >= 4 is 23.2 Å². The van der Waals surface area contributed by atoms with Crippen LogP contribution in [0.3, 0.4) is 0 Å². The largest absolute Gasteiger partial charge is 0.322 e. The number of pyridine rings is 1. The number of hydrogen-bond acceptors (Lipinski definition) is 3. The summed E-state index contributed by atoms with van der Waals surface area (Å²) in [6.45, 7) is 3.94. The number of nitrogens with zero attached hydrogens (tertiary/aromatic N) is 1. The molecule has 0 unspecified atom stereocenters. The third-order valence-corrected chi connectivity index (χ3v) is 3.77. The zero-order valence-electron chi connectivity index (χ0n) is 14.6. The van der Waals surface area contributed by atoms with E-state index in [9.17, 15) is 9.59 Å². The molecule has 1 heterocycles. The highest BCUT2D eigenvalue weighted by Gasteiger charge is 2.12. The van der Waals surface area contributed by atoms with E-state index in [-0.39, 0.29) is 17.5 Å². The fourth-order valence-electron chi connectivity index (χ4n) is 2.66. The van der Waals surface area contributed by atoms with Crippen molar-refractivity contribution in [3.8, 4) is 0 Å². The normalized spacial score (nSPS) is 10.2. The van der Waals surface area contributed by atoms with Gasteiger partial charge in [0.15, 0.2) is 0 Å². The van der Waals surface area contributed by atoms with E-state index in [2.05, 4.69) is 15.6 Å². The fraction of sp³-hybridized carbons (Fsp3) is 0.0952. The van der Waals surface area contributed by atoms with Crippen LogP contribution in [0.5, 0.6) is 0 Å². The highest BCUT2D eigenvalue weighted by molar-refractivity contribution is 6.07. The molecule has 5 nitrogen and oxygen atoms in total. The smallest absolute Gasteiger partial charge is 0.274 e. The van der Waals surface area contributed by atoms with Crippen molar-refractivity contribution in [2.24, 2.45) is 0 Å². The summed E-state index contributed by atoms with van der Waals surface area (Å²) in [4.78, 5) is 28.9. The first-order valence-corrected chi connectivity index (χ1v) is 8.23. The number of aromatic nitrogens is 1. The number of hydrogen-bond donors (Lipinski definition) is 2. The summed E-state index contributed by atoms with van der Waals surface area (Å²) in [7, 11) is 0. The van der Waals surface area contributed by atoms with Crippen molar-refractivity contribution in [3.05, 3.63) is 89.2 Å². The van der Waals surface area contributed by atoms with Crippen molar-refractivity contribution in [2.75, 3.05) is 10.6 Å². The maximum Gasteiger partial charge on any atom is 0.274 e. The van der Waals surface area contributed by atoms with Crippen molar-refractivity contribution in [1.82, 2.24) is 4.98 Å². The van der Waals surface area contributed by atoms with Crippen LogP contribution in [0.1, 0.15) is 32.0 Å². The maximum absolute atomic E-state index is 12.5. The van der Waals surface area contributed by atoms with Crippen LogP contribution in [0.15, 0.2) is 66.9 Å². The fourth-order valence-corrected chi connectivity index (χ4v) is 2.66. The molecule has 3 aromatic rings. The van der Waals surface area contributed by atoms with Gasteiger partial charge in [0.2, 0.25) is 0 Å². The molecule has 0 aliphatic rings. The van der Waals surface area contributed by atoms with Crippen LogP contribution in [0, 0.1) is 13.8 Å². The van der Waals surface area contributed by atoms with Crippen molar-refractivity contribution in [2.45, 2.75) is 13.8 Å². The minimum absolute atomic E-state index is 0.185. The molecule has 0 saturated heterocycles. The first-order valence-electron chi connectivity index (χ1n) is 8.23. The van der Waals surface area contributed by atoms with Crippen LogP contribution in [-0.2, 0) is 0 Å². The number of rotatable bonds is 4. The highest BCUT2D eigenvalue weighted by Crippen LogP contribution is 2.15. The van der Waals surface area contributed by atoms with Gasteiger partial charge in [0.25, 0.3) is 11.8 Å². The van der Waals surface area contributed by atoms with Gasteiger partial charge in [-0.3, -0.25) is 14.6 Å². The van der Waals surface area contributed by atoms with Crippen LogP contribution in [0.25, 0.3) is 0 Å². The average Bonchev–Trinajstić information content (AvgIpc) is 2.62. The molecule has 130 valence electrons. The van der Waals surface area contributed by atoms with E-state index < -0.39 is 0 Å². The Morgan fingerprint density at radius 2 is 1.42 bits per heavy atom. The van der Waals surface area contributed by atoms with Gasteiger partial charge in [-0.1, -0.05) is 24.3 Å². The molecule has 5 heteroatoms. The molecule has 0 aliphatic heterocycles. The number of carbonyl (C=O) groups is 2. The van der Waals surface area contributed by atoms with E-state index in [0.717, 1.165) is 11.1 Å². The van der Waals surface area contributed by atoms with Gasteiger partial charge in [0.1, 0.15) is 5.69 Å². The van der Waals surface area contributed by atoms with Crippen molar-refractivity contribution in [3.63, 3.8) is 0 Å². The number of amides is 2. The number of carbonyl (C=O) groups excluding carboxylic acids is 2. The lowest BCUT2D eigenvalue weighted by molar-refractivity contribution is 0.102. The van der Waals surface area contributed by atoms with Gasteiger partial charge >= 0.3 is 0 Å². The number of aryl methyl sites for hydroxylation is 2. The molecular weight excluding hydrogens is 326 g/mol. The lowest BCUT2D eigenvalue weighted by Crippen LogP contribution is -2.17. The molecule has 26 heavy (non-hydrogen) atoms. The van der Waals surface area contributed by atoms with E-state index in [1.165, 1.54) is 12.3 Å². The minimum Gasteiger partial charge on any atom is -0.322 e. The van der Waals surface area contributed by atoms with Gasteiger partial charge < -0.3 is 10.6 Å². The van der Waals surface area contributed by atoms with Gasteiger partial charge in [-0.15, -0.1) is 0 Å². The second kappa shape index (κ2) is 7.61. The van der Waals surface area contributed by atoms with Crippen LogP contribution < -0.4 is 10.6 Å². The maximum atomic E-state index is 12.5. The molecular formula is C21H19N3O2. The van der Waals surface area contributed by atoms with Gasteiger partial charge in [-0.05, 0) is 61.4 Å². The summed E-state index contributed by atoms with van der Waals surface area (Å²) in [5.74, 6) is -0.650. The first kappa shape index (κ1) is 17.4. The van der Waals surface area contributed by atoms with Gasteiger partial charge in [-0.2, -0.15) is 0 Å². The number of para-hydroxylation sites is 1. The molecule has 0 atom stereocenters. The van der Waals surface area contributed by atoms with Gasteiger partial charge in [0, 0.05) is 23.1 Å². The Morgan fingerprint density at radius 1 is 0.769 bits per heavy atom. The van der Waals surface area contributed by atoms with E-state index in [0.29, 0.717) is 16.9 Å². The average molecular weight is 345 g/mol. The lowest BCUT2D eigenvalue weighted by atomic mass is 10.1. The van der Waals surface area contributed by atoms with Crippen LogP contribution in [0.4, 0.5) is 11.4 Å². The molecule has 0 saturated carbocycles. The Kier molecular flexibility index (Phi) is 5.08. The Hall–Kier alpha value is -3.47. The molecule has 1 aromatic heterocycles. The second-order valence-electron chi connectivity index (χ2n) is 6.08. The Bertz CT molecular complexity index is 932. The van der Waals surface area contributed by atoms with Crippen LogP contribution in [0.2, 0.25) is 0 Å². The minimum atomic E-state index is -0.357. The Morgan fingerprint density at radius 3 is 2.12 bits per heavy atom. The van der Waals surface area contributed by atoms with E-state index in [4.69, 9.17) is 0 Å². The molecule has 2 amide bonds. The van der Waals surface area contributed by atoms with E-state index >= 15 is 0 Å². The summed E-state index contributed by atoms with van der Waals surface area (Å²) < 4.78 is 0. The zero-order valence-corrected chi connectivity index (χ0v) is 14.6. The quantitative estimate of drug-likeness (QED) is 0.744. The number of anilines is 2. The summed E-state index contributed by atoms with van der Waals surface area (Å²) in [6, 6.07) is 18.0. The third-order valence-electron chi connectivity index (χ3n) is 3.77. The zero-order chi connectivity index (χ0) is 18.5. The predicted octanol–water partition coefficient (Wildman–Crippen LogP) is 4.20. The molecule has 2 aromatic carbocycles. The summed E-state index contributed by atoms with van der Waals surface area (Å²) in [6.07, 6.45) is 1.45. The Labute approximate surface area is 152 Å². The third kappa shape index (κ3) is 4.33. The monoisotopic (exact) mass is 345 g/mol. The highest BCUT2D eigenvalue weighted by atomic mass is 16.2. The SMILES string of the molecule is Cc1cc(C)cc(NC(=O)c2cc(C(=O)Nc3ccccc3)ccn2)c1. The van der Waals surface area contributed by atoms with E-state index in [1.807, 2.05) is 50.2 Å². The standard InChI is InChI=1S/C21H19N3O2/c1-14-10-15(2)12-18(11-14)24-21(26)19-13-16(8-9-22-19)20(25)23-17-6-4-3-5-7-17/h3-13H,1-2H3,(H,23,25)(H,24,26). The molecule has 3 rings (SSSR count). The molecule has 0 bridgehead atoms. The summed E-state index contributed by atoms with van der Waals surface area (Å²) in [5, 5.41) is 5.61. The van der Waals surface area contributed by atoms with Crippen LogP contribution in [-0.4, -0.2) is 16.8 Å². The molecule has 0 spiro atoms. The lowest BCUT2D eigenvalue weighted by Gasteiger charge is -2.09. The molecule has 0 fully saturated rings. The predicted molar refractivity (Wildman–Crippen MR) is 103 cm³/mol. The number of benzene rings is 2. The Balaban J connectivity index is 1.75. The van der Waals surface area contributed by atoms with Gasteiger partial charge in [-0.25, -0.2) is 0 Å². The molecule has 2 N–H and O–H groups in total.